The molecule has 13 heavy (non-hydrogen) atoms. The highest BCUT2D eigenvalue weighted by Gasteiger charge is 2.38. The Hall–Kier alpha value is 0.340. The molecule has 0 bridgehead atoms. The molecule has 0 radical (unpaired) electrons. The molecule has 1 rings (SSSR count). The SMILES string of the molecule is CC(C)C1CCC(C(F)(F)Br)CC1. The van der Waals surface area contributed by atoms with Crippen LogP contribution in [0.15, 0.2) is 0 Å². The molecule has 0 saturated heterocycles. The van der Waals surface area contributed by atoms with E-state index in [2.05, 4.69) is 29.8 Å². The number of halogens is 3. The molecule has 0 aliphatic heterocycles. The smallest absolute Gasteiger partial charge is 0.193 e. The Morgan fingerprint density at radius 2 is 1.62 bits per heavy atom. The molecule has 1 fully saturated rings. The van der Waals surface area contributed by atoms with E-state index in [1.807, 2.05) is 0 Å². The molecule has 0 atom stereocenters. The topological polar surface area (TPSA) is 0 Å². The van der Waals surface area contributed by atoms with Gasteiger partial charge in [-0.3, -0.25) is 0 Å². The van der Waals surface area contributed by atoms with E-state index in [-0.39, 0.29) is 0 Å². The lowest BCUT2D eigenvalue weighted by molar-refractivity contribution is 0.0149. The summed E-state index contributed by atoms with van der Waals surface area (Å²) in [6, 6.07) is 0. The first-order valence-corrected chi connectivity index (χ1v) is 5.77. The van der Waals surface area contributed by atoms with E-state index in [0.717, 1.165) is 12.8 Å². The second-order valence-electron chi connectivity index (χ2n) is 4.40. The third kappa shape index (κ3) is 3.19. The number of rotatable bonds is 2. The molecule has 1 aliphatic carbocycles. The highest BCUT2D eigenvalue weighted by atomic mass is 79.9. The summed E-state index contributed by atoms with van der Waals surface area (Å²) in [5, 5.41) is 0. The zero-order valence-electron chi connectivity index (χ0n) is 8.19. The summed E-state index contributed by atoms with van der Waals surface area (Å²) in [5.41, 5.74) is 0. The molecule has 0 heterocycles. The van der Waals surface area contributed by atoms with E-state index < -0.39 is 10.7 Å². The van der Waals surface area contributed by atoms with Gasteiger partial charge in [-0.1, -0.05) is 13.8 Å². The van der Waals surface area contributed by atoms with Gasteiger partial charge in [0.15, 0.2) is 0 Å². The van der Waals surface area contributed by atoms with E-state index in [4.69, 9.17) is 0 Å². The first kappa shape index (κ1) is 11.4. The van der Waals surface area contributed by atoms with E-state index in [0.29, 0.717) is 24.7 Å². The maximum absolute atomic E-state index is 12.9. The van der Waals surface area contributed by atoms with Gasteiger partial charge in [0.2, 0.25) is 0 Å². The van der Waals surface area contributed by atoms with Gasteiger partial charge in [-0.15, -0.1) is 0 Å². The zero-order valence-corrected chi connectivity index (χ0v) is 9.78. The van der Waals surface area contributed by atoms with Crippen LogP contribution in [0, 0.1) is 17.8 Å². The molecule has 1 saturated carbocycles. The van der Waals surface area contributed by atoms with Gasteiger partial charge in [0.25, 0.3) is 0 Å². The lowest BCUT2D eigenvalue weighted by Gasteiger charge is -2.32. The van der Waals surface area contributed by atoms with Crippen LogP contribution in [0.4, 0.5) is 8.78 Å². The predicted molar refractivity (Wildman–Crippen MR) is 54.2 cm³/mol. The molecule has 0 amide bonds. The molecule has 0 aromatic rings. The maximum Gasteiger partial charge on any atom is 0.304 e. The monoisotopic (exact) mass is 254 g/mol. The second kappa shape index (κ2) is 4.24. The van der Waals surface area contributed by atoms with Crippen molar-refractivity contribution in [3.8, 4) is 0 Å². The molecule has 0 nitrogen and oxygen atoms in total. The first-order chi connectivity index (χ1) is 5.91. The van der Waals surface area contributed by atoms with Crippen molar-refractivity contribution in [2.24, 2.45) is 17.8 Å². The van der Waals surface area contributed by atoms with Crippen LogP contribution >= 0.6 is 15.9 Å². The minimum atomic E-state index is -2.64. The van der Waals surface area contributed by atoms with Crippen LogP contribution in [-0.2, 0) is 0 Å². The van der Waals surface area contributed by atoms with Crippen molar-refractivity contribution in [2.75, 3.05) is 0 Å². The van der Waals surface area contributed by atoms with Crippen LogP contribution in [0.25, 0.3) is 0 Å². The van der Waals surface area contributed by atoms with Crippen LogP contribution in [0.5, 0.6) is 0 Å². The Kier molecular flexibility index (Phi) is 3.73. The predicted octanol–water partition coefficient (Wildman–Crippen LogP) is 4.44. The number of hydrogen-bond donors (Lipinski definition) is 0. The summed E-state index contributed by atoms with van der Waals surface area (Å²) >= 11 is 2.46. The van der Waals surface area contributed by atoms with Gasteiger partial charge < -0.3 is 0 Å². The van der Waals surface area contributed by atoms with Crippen molar-refractivity contribution < 1.29 is 8.78 Å². The van der Waals surface area contributed by atoms with Gasteiger partial charge in [-0.25, -0.2) is 0 Å². The summed E-state index contributed by atoms with van der Waals surface area (Å²) in [7, 11) is 0. The normalized spacial score (nSPS) is 30.9. The molecule has 0 aromatic heterocycles. The molecule has 3 heteroatoms. The van der Waals surface area contributed by atoms with E-state index in [9.17, 15) is 8.78 Å². The van der Waals surface area contributed by atoms with Crippen LogP contribution < -0.4 is 0 Å². The highest BCUT2D eigenvalue weighted by Crippen LogP contribution is 2.43. The van der Waals surface area contributed by atoms with Crippen LogP contribution in [0.2, 0.25) is 0 Å². The highest BCUT2D eigenvalue weighted by molar-refractivity contribution is 9.10. The van der Waals surface area contributed by atoms with Crippen molar-refractivity contribution in [2.45, 2.75) is 44.4 Å². The van der Waals surface area contributed by atoms with Crippen LogP contribution in [-0.4, -0.2) is 4.83 Å². The standard InChI is InChI=1S/C10H17BrF2/c1-7(2)8-3-5-9(6-4-8)10(11,12)13/h7-9H,3-6H2,1-2H3. The fourth-order valence-corrected chi connectivity index (χ4v) is 2.57. The van der Waals surface area contributed by atoms with Crippen molar-refractivity contribution >= 4 is 15.9 Å². The van der Waals surface area contributed by atoms with E-state index in [1.54, 1.807) is 0 Å². The average molecular weight is 255 g/mol. The molecule has 78 valence electrons. The summed E-state index contributed by atoms with van der Waals surface area (Å²) in [4.78, 5) is -2.64. The molecule has 0 aromatic carbocycles. The van der Waals surface area contributed by atoms with Gasteiger partial charge in [0, 0.05) is 5.92 Å². The van der Waals surface area contributed by atoms with Gasteiger partial charge >= 0.3 is 4.83 Å². The van der Waals surface area contributed by atoms with Crippen molar-refractivity contribution in [1.29, 1.82) is 0 Å². The van der Waals surface area contributed by atoms with Crippen molar-refractivity contribution in [3.05, 3.63) is 0 Å². The molecule has 0 unspecified atom stereocenters. The minimum Gasteiger partial charge on any atom is -0.193 e. The summed E-state index contributed by atoms with van der Waals surface area (Å²) in [5.74, 6) is 0.860. The van der Waals surface area contributed by atoms with Crippen LogP contribution in [0.3, 0.4) is 0 Å². The Morgan fingerprint density at radius 1 is 1.15 bits per heavy atom. The zero-order chi connectivity index (χ0) is 10.1. The van der Waals surface area contributed by atoms with Crippen molar-refractivity contribution in [1.82, 2.24) is 0 Å². The fourth-order valence-electron chi connectivity index (χ4n) is 2.11. The molecular weight excluding hydrogens is 238 g/mol. The fraction of sp³-hybridized carbons (Fsp3) is 1.00. The number of alkyl halides is 3. The maximum atomic E-state index is 12.9. The number of hydrogen-bond acceptors (Lipinski definition) is 0. The third-order valence-corrected chi connectivity index (χ3v) is 3.83. The summed E-state index contributed by atoms with van der Waals surface area (Å²) in [6.07, 6.45) is 3.26. The van der Waals surface area contributed by atoms with Crippen LogP contribution in [0.1, 0.15) is 39.5 Å². The lowest BCUT2D eigenvalue weighted by atomic mass is 9.77. The van der Waals surface area contributed by atoms with Crippen molar-refractivity contribution in [3.63, 3.8) is 0 Å². The lowest BCUT2D eigenvalue weighted by Crippen LogP contribution is -2.27. The minimum absolute atomic E-state index is 0.442. The Bertz CT molecular complexity index is 155. The van der Waals surface area contributed by atoms with Gasteiger partial charge in [-0.2, -0.15) is 8.78 Å². The van der Waals surface area contributed by atoms with Gasteiger partial charge in [-0.05, 0) is 53.4 Å². The Labute approximate surface area is 87.2 Å². The Morgan fingerprint density at radius 3 is 1.92 bits per heavy atom. The summed E-state index contributed by atoms with van der Waals surface area (Å²) < 4.78 is 25.7. The average Bonchev–Trinajstić information content (AvgIpc) is 2.03. The van der Waals surface area contributed by atoms with E-state index >= 15 is 0 Å². The van der Waals surface area contributed by atoms with Gasteiger partial charge in [0.05, 0.1) is 0 Å². The molecular formula is C10H17BrF2. The largest absolute Gasteiger partial charge is 0.304 e. The summed E-state index contributed by atoms with van der Waals surface area (Å²) in [6.45, 7) is 4.36. The van der Waals surface area contributed by atoms with E-state index in [1.165, 1.54) is 0 Å². The first-order valence-electron chi connectivity index (χ1n) is 4.98. The molecule has 1 aliphatic rings. The second-order valence-corrected chi connectivity index (χ2v) is 5.45. The molecule has 0 spiro atoms. The van der Waals surface area contributed by atoms with Gasteiger partial charge in [0.1, 0.15) is 0 Å². The molecule has 0 N–H and O–H groups in total. The Balaban J connectivity index is 2.39. The third-order valence-electron chi connectivity index (χ3n) is 3.18. The quantitative estimate of drug-likeness (QED) is 0.640.